The van der Waals surface area contributed by atoms with Crippen molar-refractivity contribution in [2.75, 3.05) is 7.11 Å². The van der Waals surface area contributed by atoms with Crippen molar-refractivity contribution in [2.24, 2.45) is 0 Å². The van der Waals surface area contributed by atoms with Crippen LogP contribution in [-0.2, 0) is 6.54 Å². The molecule has 1 aliphatic rings. The SMILES string of the molecule is COc1nc(/C=C/c2nc3n(n2)CCC[C@@H]3c2ccc(F)c(Cl)c2)ccc1-n1cnc(C)c1. The van der Waals surface area contributed by atoms with Gasteiger partial charge >= 0.3 is 0 Å². The summed E-state index contributed by atoms with van der Waals surface area (Å²) < 4.78 is 22.9. The maximum atomic E-state index is 13.6. The van der Waals surface area contributed by atoms with Crippen LogP contribution in [-0.4, -0.2) is 36.4 Å². The second-order valence-corrected chi connectivity index (χ2v) is 8.35. The van der Waals surface area contributed by atoms with Gasteiger partial charge in [0.2, 0.25) is 5.88 Å². The van der Waals surface area contributed by atoms with Gasteiger partial charge in [-0.1, -0.05) is 17.7 Å². The molecule has 7 nitrogen and oxygen atoms in total. The number of aryl methyl sites for hydroxylation is 2. The van der Waals surface area contributed by atoms with E-state index in [0.29, 0.717) is 11.7 Å². The van der Waals surface area contributed by atoms with Gasteiger partial charge in [0.1, 0.15) is 17.3 Å². The van der Waals surface area contributed by atoms with Crippen LogP contribution in [0, 0.1) is 12.7 Å². The number of fused-ring (bicyclic) bond motifs is 1. The highest BCUT2D eigenvalue weighted by Gasteiger charge is 2.26. The third-order valence-electron chi connectivity index (χ3n) is 5.69. The summed E-state index contributed by atoms with van der Waals surface area (Å²) in [7, 11) is 1.59. The molecule has 0 amide bonds. The molecule has 0 aliphatic carbocycles. The Morgan fingerprint density at radius 3 is 2.82 bits per heavy atom. The summed E-state index contributed by atoms with van der Waals surface area (Å²) in [6, 6.07) is 8.70. The van der Waals surface area contributed by atoms with Crippen LogP contribution in [0.5, 0.6) is 5.88 Å². The lowest BCUT2D eigenvalue weighted by Crippen LogP contribution is -2.18. The van der Waals surface area contributed by atoms with Gasteiger partial charge in [-0.15, -0.1) is 0 Å². The van der Waals surface area contributed by atoms with Crippen LogP contribution in [0.2, 0.25) is 5.02 Å². The lowest BCUT2D eigenvalue weighted by Gasteiger charge is -2.22. The summed E-state index contributed by atoms with van der Waals surface area (Å²) in [5.41, 5.74) is 3.40. The van der Waals surface area contributed by atoms with E-state index >= 15 is 0 Å². The monoisotopic (exact) mass is 464 g/mol. The first-order valence-electron chi connectivity index (χ1n) is 10.7. The second kappa shape index (κ2) is 8.78. The topological polar surface area (TPSA) is 70.7 Å². The van der Waals surface area contributed by atoms with E-state index in [2.05, 4.69) is 15.1 Å². The molecule has 0 spiro atoms. The van der Waals surface area contributed by atoms with Crippen LogP contribution in [0.15, 0.2) is 42.9 Å². The minimum absolute atomic E-state index is 0.0302. The minimum atomic E-state index is -0.418. The molecule has 0 N–H and O–H groups in total. The molecule has 5 rings (SSSR count). The van der Waals surface area contributed by atoms with Gasteiger partial charge in [0.05, 0.1) is 29.8 Å². The van der Waals surface area contributed by atoms with E-state index < -0.39 is 5.82 Å². The summed E-state index contributed by atoms with van der Waals surface area (Å²) in [4.78, 5) is 13.6. The molecule has 0 bridgehead atoms. The Hall–Kier alpha value is -3.52. The zero-order chi connectivity index (χ0) is 22.9. The molecule has 0 saturated carbocycles. The Morgan fingerprint density at radius 2 is 2.06 bits per heavy atom. The molecule has 9 heteroatoms. The van der Waals surface area contributed by atoms with Crippen molar-refractivity contribution in [1.82, 2.24) is 29.3 Å². The fourth-order valence-electron chi connectivity index (χ4n) is 4.08. The summed E-state index contributed by atoms with van der Waals surface area (Å²) in [6.45, 7) is 2.73. The van der Waals surface area contributed by atoms with Gasteiger partial charge in [0, 0.05) is 18.7 Å². The minimum Gasteiger partial charge on any atom is -0.479 e. The largest absolute Gasteiger partial charge is 0.479 e. The van der Waals surface area contributed by atoms with Crippen molar-refractivity contribution in [3.8, 4) is 11.6 Å². The number of rotatable bonds is 5. The smallest absolute Gasteiger partial charge is 0.238 e. The number of pyridine rings is 1. The first-order chi connectivity index (χ1) is 16.0. The maximum absolute atomic E-state index is 13.6. The van der Waals surface area contributed by atoms with Gasteiger partial charge < -0.3 is 9.30 Å². The fraction of sp³-hybridized carbons (Fsp3) is 0.250. The first kappa shape index (κ1) is 21.3. The average Bonchev–Trinajstić information content (AvgIpc) is 3.45. The van der Waals surface area contributed by atoms with Crippen molar-refractivity contribution in [3.63, 3.8) is 0 Å². The van der Waals surface area contributed by atoms with E-state index in [0.717, 1.165) is 47.8 Å². The highest BCUT2D eigenvalue weighted by Crippen LogP contribution is 2.34. The standard InChI is InChI=1S/C24H22ClFN6O/c1-15-13-31(14-27-15)21-9-6-17(28-24(21)33-2)7-10-22-29-23-18(4-3-11-32(23)30-22)16-5-8-20(26)19(25)12-16/h5-10,12-14,18H,3-4,11H2,1-2H3/b10-7+/t18-/m1/s1. The Morgan fingerprint density at radius 1 is 1.18 bits per heavy atom. The normalized spacial score (nSPS) is 15.7. The molecular weight excluding hydrogens is 443 g/mol. The van der Waals surface area contributed by atoms with E-state index in [1.165, 1.54) is 6.07 Å². The van der Waals surface area contributed by atoms with E-state index in [1.54, 1.807) is 25.6 Å². The third-order valence-corrected chi connectivity index (χ3v) is 5.97. The Balaban J connectivity index is 1.41. The van der Waals surface area contributed by atoms with Gasteiger partial charge in [0.25, 0.3) is 0 Å². The second-order valence-electron chi connectivity index (χ2n) is 7.94. The number of halogens is 2. The predicted molar refractivity (Wildman–Crippen MR) is 124 cm³/mol. The number of ether oxygens (including phenoxy) is 1. The van der Waals surface area contributed by atoms with Gasteiger partial charge in [-0.25, -0.2) is 24.0 Å². The van der Waals surface area contributed by atoms with Gasteiger partial charge in [-0.2, -0.15) is 5.10 Å². The molecule has 0 saturated heterocycles. The Kier molecular flexibility index (Phi) is 5.68. The summed E-state index contributed by atoms with van der Waals surface area (Å²) in [6.07, 6.45) is 9.22. The predicted octanol–water partition coefficient (Wildman–Crippen LogP) is 5.06. The first-order valence-corrected chi connectivity index (χ1v) is 11.0. The molecule has 0 radical (unpaired) electrons. The van der Waals surface area contributed by atoms with E-state index in [1.807, 2.05) is 46.7 Å². The number of hydrogen-bond acceptors (Lipinski definition) is 5. The molecule has 1 aliphatic heterocycles. The molecular formula is C24H22ClFN6O. The molecule has 0 unspecified atom stereocenters. The lowest BCUT2D eigenvalue weighted by atomic mass is 9.91. The molecule has 33 heavy (non-hydrogen) atoms. The number of aromatic nitrogens is 6. The number of methoxy groups -OCH3 is 1. The highest BCUT2D eigenvalue weighted by molar-refractivity contribution is 6.30. The van der Waals surface area contributed by atoms with Crippen LogP contribution in [0.1, 0.15) is 47.4 Å². The van der Waals surface area contributed by atoms with Crippen LogP contribution < -0.4 is 4.74 Å². The Bertz CT molecular complexity index is 1340. The number of imidazole rings is 1. The van der Waals surface area contributed by atoms with Crippen molar-refractivity contribution < 1.29 is 9.13 Å². The van der Waals surface area contributed by atoms with Crippen LogP contribution in [0.25, 0.3) is 17.8 Å². The molecule has 0 fully saturated rings. The summed E-state index contributed by atoms with van der Waals surface area (Å²) in [5.74, 6) is 1.57. The fourth-order valence-corrected chi connectivity index (χ4v) is 4.27. The van der Waals surface area contributed by atoms with Crippen LogP contribution in [0.3, 0.4) is 0 Å². The third kappa shape index (κ3) is 4.26. The van der Waals surface area contributed by atoms with Crippen molar-refractivity contribution in [3.05, 3.63) is 82.3 Å². The highest BCUT2D eigenvalue weighted by atomic mass is 35.5. The van der Waals surface area contributed by atoms with Gasteiger partial charge in [-0.05, 0) is 61.7 Å². The Labute approximate surface area is 195 Å². The van der Waals surface area contributed by atoms with Crippen LogP contribution >= 0.6 is 11.6 Å². The molecule has 168 valence electrons. The molecule has 4 heterocycles. The van der Waals surface area contributed by atoms with E-state index in [-0.39, 0.29) is 10.9 Å². The summed E-state index contributed by atoms with van der Waals surface area (Å²) in [5, 5.41) is 4.76. The molecule has 3 aromatic heterocycles. The number of hydrogen-bond donors (Lipinski definition) is 0. The maximum Gasteiger partial charge on any atom is 0.238 e. The molecule has 1 aromatic carbocycles. The zero-order valence-electron chi connectivity index (χ0n) is 18.2. The average molecular weight is 465 g/mol. The lowest BCUT2D eigenvalue weighted by molar-refractivity contribution is 0.395. The van der Waals surface area contributed by atoms with Crippen LogP contribution in [0.4, 0.5) is 4.39 Å². The van der Waals surface area contributed by atoms with E-state index in [9.17, 15) is 4.39 Å². The number of benzene rings is 1. The molecule has 1 atom stereocenters. The van der Waals surface area contributed by atoms with Gasteiger partial charge in [-0.3, -0.25) is 0 Å². The van der Waals surface area contributed by atoms with Crippen molar-refractivity contribution >= 4 is 23.8 Å². The molecule has 4 aromatic rings. The van der Waals surface area contributed by atoms with E-state index in [4.69, 9.17) is 21.3 Å². The zero-order valence-corrected chi connectivity index (χ0v) is 19.0. The van der Waals surface area contributed by atoms with Crippen molar-refractivity contribution in [1.29, 1.82) is 0 Å². The van der Waals surface area contributed by atoms with Crippen molar-refractivity contribution in [2.45, 2.75) is 32.2 Å². The number of nitrogens with zero attached hydrogens (tertiary/aromatic N) is 6. The quantitative estimate of drug-likeness (QED) is 0.412. The summed E-state index contributed by atoms with van der Waals surface area (Å²) >= 11 is 6.01. The van der Waals surface area contributed by atoms with Gasteiger partial charge in [0.15, 0.2) is 5.82 Å².